The first-order chi connectivity index (χ1) is 9.36. The van der Waals surface area contributed by atoms with Crippen molar-refractivity contribution in [2.75, 3.05) is 6.61 Å². The maximum Gasteiger partial charge on any atom is 0.326 e. The summed E-state index contributed by atoms with van der Waals surface area (Å²) in [4.78, 5) is 22.5. The van der Waals surface area contributed by atoms with Crippen LogP contribution in [0.2, 0.25) is 0 Å². The molecule has 0 saturated heterocycles. The fraction of sp³-hybridized carbons (Fsp3) is 0.462. The fourth-order valence-corrected chi connectivity index (χ4v) is 1.80. The van der Waals surface area contributed by atoms with Gasteiger partial charge in [-0.1, -0.05) is 0 Å². The van der Waals surface area contributed by atoms with E-state index in [0.29, 0.717) is 0 Å². The SMILES string of the molecule is Cc1nn(C)c(C)c1C=CC(=O)NC(CCO)C(=O)O. The van der Waals surface area contributed by atoms with Gasteiger partial charge in [-0.15, -0.1) is 0 Å². The van der Waals surface area contributed by atoms with Crippen molar-refractivity contribution in [3.63, 3.8) is 0 Å². The zero-order valence-corrected chi connectivity index (χ0v) is 11.8. The topological polar surface area (TPSA) is 104 Å². The highest BCUT2D eigenvalue weighted by Gasteiger charge is 2.18. The lowest BCUT2D eigenvalue weighted by atomic mass is 10.1. The van der Waals surface area contributed by atoms with Gasteiger partial charge in [0.15, 0.2) is 0 Å². The Morgan fingerprint density at radius 1 is 1.45 bits per heavy atom. The normalized spacial score (nSPS) is 12.6. The first-order valence-corrected chi connectivity index (χ1v) is 6.19. The van der Waals surface area contributed by atoms with Crippen molar-refractivity contribution < 1.29 is 19.8 Å². The van der Waals surface area contributed by atoms with E-state index in [1.807, 2.05) is 13.8 Å². The minimum Gasteiger partial charge on any atom is -0.480 e. The minimum atomic E-state index is -1.17. The van der Waals surface area contributed by atoms with Crippen molar-refractivity contribution >= 4 is 18.0 Å². The van der Waals surface area contributed by atoms with E-state index in [0.717, 1.165) is 17.0 Å². The van der Waals surface area contributed by atoms with Gasteiger partial charge in [0, 0.05) is 37.4 Å². The second-order valence-corrected chi connectivity index (χ2v) is 4.45. The summed E-state index contributed by atoms with van der Waals surface area (Å²) in [5, 5.41) is 24.1. The Morgan fingerprint density at radius 3 is 2.55 bits per heavy atom. The zero-order chi connectivity index (χ0) is 15.3. The highest BCUT2D eigenvalue weighted by Crippen LogP contribution is 2.13. The van der Waals surface area contributed by atoms with Crippen LogP contribution in [0, 0.1) is 13.8 Å². The molecule has 1 heterocycles. The number of carboxylic acid groups (broad SMARTS) is 1. The maximum atomic E-state index is 11.7. The summed E-state index contributed by atoms with van der Waals surface area (Å²) >= 11 is 0. The summed E-state index contributed by atoms with van der Waals surface area (Å²) < 4.78 is 1.71. The van der Waals surface area contributed by atoms with Crippen LogP contribution in [0.4, 0.5) is 0 Å². The third kappa shape index (κ3) is 3.92. The number of hydrogen-bond acceptors (Lipinski definition) is 4. The summed E-state index contributed by atoms with van der Waals surface area (Å²) in [6.07, 6.45) is 2.84. The van der Waals surface area contributed by atoms with Crippen LogP contribution in [0.15, 0.2) is 6.08 Å². The molecule has 0 radical (unpaired) electrons. The van der Waals surface area contributed by atoms with E-state index in [4.69, 9.17) is 10.2 Å². The average Bonchev–Trinajstić information content (AvgIpc) is 2.60. The van der Waals surface area contributed by atoms with Crippen LogP contribution in [-0.4, -0.2) is 44.5 Å². The summed E-state index contributed by atoms with van der Waals surface area (Å²) in [5.41, 5.74) is 2.53. The molecule has 0 aliphatic rings. The highest BCUT2D eigenvalue weighted by molar-refractivity contribution is 5.94. The quantitative estimate of drug-likeness (QED) is 0.637. The van der Waals surface area contributed by atoms with Crippen molar-refractivity contribution in [3.8, 4) is 0 Å². The number of carbonyl (C=O) groups is 2. The standard InChI is InChI=1S/C13H19N3O4/c1-8-10(9(2)16(3)15-8)4-5-12(18)14-11(6-7-17)13(19)20/h4-5,11,17H,6-7H2,1-3H3,(H,14,18)(H,19,20). The van der Waals surface area contributed by atoms with Gasteiger partial charge in [-0.2, -0.15) is 5.10 Å². The molecule has 1 aromatic rings. The summed E-state index contributed by atoms with van der Waals surface area (Å²) in [5.74, 6) is -1.69. The Hall–Kier alpha value is -2.15. The number of hydrogen-bond donors (Lipinski definition) is 3. The number of amides is 1. The molecule has 1 unspecified atom stereocenters. The highest BCUT2D eigenvalue weighted by atomic mass is 16.4. The van der Waals surface area contributed by atoms with Crippen LogP contribution in [0.5, 0.6) is 0 Å². The Bertz CT molecular complexity index is 534. The predicted octanol–water partition coefficient (Wildman–Crippen LogP) is 0.00194. The molecule has 1 rings (SSSR count). The molecule has 20 heavy (non-hydrogen) atoms. The molecule has 1 atom stereocenters. The first kappa shape index (κ1) is 15.9. The monoisotopic (exact) mass is 281 g/mol. The van der Waals surface area contributed by atoms with Gasteiger partial charge >= 0.3 is 5.97 Å². The second-order valence-electron chi connectivity index (χ2n) is 4.45. The number of aliphatic hydroxyl groups excluding tert-OH is 1. The zero-order valence-electron chi connectivity index (χ0n) is 11.8. The largest absolute Gasteiger partial charge is 0.480 e. The van der Waals surface area contributed by atoms with Crippen molar-refractivity contribution in [2.45, 2.75) is 26.3 Å². The van der Waals surface area contributed by atoms with E-state index in [1.165, 1.54) is 6.08 Å². The van der Waals surface area contributed by atoms with Crippen molar-refractivity contribution in [1.29, 1.82) is 0 Å². The third-order valence-corrected chi connectivity index (χ3v) is 3.00. The summed E-state index contributed by atoms with van der Waals surface area (Å²) in [6, 6.07) is -1.09. The van der Waals surface area contributed by atoms with Crippen molar-refractivity contribution in [3.05, 3.63) is 23.0 Å². The van der Waals surface area contributed by atoms with E-state index >= 15 is 0 Å². The van der Waals surface area contributed by atoms with Crippen LogP contribution in [0.3, 0.4) is 0 Å². The number of carboxylic acids is 1. The lowest BCUT2D eigenvalue weighted by Crippen LogP contribution is -2.40. The van der Waals surface area contributed by atoms with Gasteiger partial charge in [-0.05, 0) is 19.9 Å². The molecule has 0 fully saturated rings. The van der Waals surface area contributed by atoms with Crippen LogP contribution < -0.4 is 5.32 Å². The molecule has 0 spiro atoms. The predicted molar refractivity (Wildman–Crippen MR) is 73.0 cm³/mol. The Balaban J connectivity index is 2.74. The number of aromatic nitrogens is 2. The number of nitrogens with one attached hydrogen (secondary N) is 1. The lowest BCUT2D eigenvalue weighted by molar-refractivity contribution is -0.141. The maximum absolute atomic E-state index is 11.7. The van der Waals surface area contributed by atoms with Crippen LogP contribution in [0.1, 0.15) is 23.4 Å². The molecule has 0 aromatic carbocycles. The van der Waals surface area contributed by atoms with Gasteiger partial charge in [0.1, 0.15) is 6.04 Å². The van der Waals surface area contributed by atoms with Gasteiger partial charge in [0.25, 0.3) is 0 Å². The molecule has 1 aromatic heterocycles. The summed E-state index contributed by atoms with van der Waals surface area (Å²) in [6.45, 7) is 3.40. The molecule has 7 heteroatoms. The molecule has 110 valence electrons. The molecule has 7 nitrogen and oxygen atoms in total. The third-order valence-electron chi connectivity index (χ3n) is 3.00. The van der Waals surface area contributed by atoms with Crippen molar-refractivity contribution in [1.82, 2.24) is 15.1 Å². The number of nitrogens with zero attached hydrogens (tertiary/aromatic N) is 2. The van der Waals surface area contributed by atoms with Crippen LogP contribution >= 0.6 is 0 Å². The number of rotatable bonds is 6. The molecule has 1 amide bonds. The Labute approximate surface area is 116 Å². The second kappa shape index (κ2) is 6.85. The molecular formula is C13H19N3O4. The molecule has 3 N–H and O–H groups in total. The molecular weight excluding hydrogens is 262 g/mol. The number of aliphatic carboxylic acids is 1. The number of carbonyl (C=O) groups excluding carboxylic acids is 1. The van der Waals surface area contributed by atoms with Gasteiger partial charge in [0.05, 0.1) is 5.69 Å². The first-order valence-electron chi connectivity index (χ1n) is 6.19. The van der Waals surface area contributed by atoms with E-state index in [1.54, 1.807) is 17.8 Å². The molecule has 0 bridgehead atoms. The van der Waals surface area contributed by atoms with E-state index < -0.39 is 17.9 Å². The van der Waals surface area contributed by atoms with E-state index in [9.17, 15) is 9.59 Å². The molecule has 0 aliphatic carbocycles. The van der Waals surface area contributed by atoms with Crippen LogP contribution in [0.25, 0.3) is 6.08 Å². The van der Waals surface area contributed by atoms with Crippen LogP contribution in [-0.2, 0) is 16.6 Å². The van der Waals surface area contributed by atoms with E-state index in [-0.39, 0.29) is 13.0 Å². The van der Waals surface area contributed by atoms with Crippen molar-refractivity contribution in [2.24, 2.45) is 7.05 Å². The molecule has 0 aliphatic heterocycles. The number of aliphatic hydroxyl groups is 1. The fourth-order valence-electron chi connectivity index (χ4n) is 1.80. The van der Waals surface area contributed by atoms with Gasteiger partial charge in [-0.25, -0.2) is 4.79 Å². The lowest BCUT2D eigenvalue weighted by Gasteiger charge is -2.11. The van der Waals surface area contributed by atoms with Gasteiger partial charge in [0.2, 0.25) is 5.91 Å². The summed E-state index contributed by atoms with van der Waals surface area (Å²) in [7, 11) is 1.81. The number of aryl methyl sites for hydroxylation is 2. The smallest absolute Gasteiger partial charge is 0.326 e. The average molecular weight is 281 g/mol. The Morgan fingerprint density at radius 2 is 2.10 bits per heavy atom. The van der Waals surface area contributed by atoms with Gasteiger partial charge < -0.3 is 15.5 Å². The van der Waals surface area contributed by atoms with E-state index in [2.05, 4.69) is 10.4 Å². The molecule has 0 saturated carbocycles. The Kier molecular flexibility index (Phi) is 5.45. The minimum absolute atomic E-state index is 0.0279. The van der Waals surface area contributed by atoms with Gasteiger partial charge in [-0.3, -0.25) is 9.48 Å².